The molecule has 0 amide bonds. The summed E-state index contributed by atoms with van der Waals surface area (Å²) >= 11 is 0. The number of nitrogens with zero attached hydrogens (tertiary/aromatic N) is 1. The molecular formula is C13H26IN3O2. The van der Waals surface area contributed by atoms with Crippen LogP contribution in [0.15, 0.2) is 4.99 Å². The number of nitrogens with one attached hydrogen (secondary N) is 2. The number of ether oxygens (including phenoxy) is 2. The minimum Gasteiger partial charge on any atom is -0.359 e. The molecule has 2 rings (SSSR count). The Morgan fingerprint density at radius 2 is 2.05 bits per heavy atom. The predicted octanol–water partition coefficient (Wildman–Crippen LogP) is 1.72. The van der Waals surface area contributed by atoms with Crippen LogP contribution in [0.5, 0.6) is 0 Å². The van der Waals surface area contributed by atoms with E-state index < -0.39 is 0 Å². The summed E-state index contributed by atoms with van der Waals surface area (Å²) < 4.78 is 12.0. The van der Waals surface area contributed by atoms with Crippen LogP contribution in [0.1, 0.15) is 32.6 Å². The Kier molecular flexibility index (Phi) is 6.82. The van der Waals surface area contributed by atoms with Crippen LogP contribution in [-0.2, 0) is 9.47 Å². The zero-order valence-corrected chi connectivity index (χ0v) is 14.4. The van der Waals surface area contributed by atoms with E-state index in [4.69, 9.17) is 9.47 Å². The predicted molar refractivity (Wildman–Crippen MR) is 87.0 cm³/mol. The molecule has 2 aliphatic rings. The van der Waals surface area contributed by atoms with Crippen molar-refractivity contribution in [3.05, 3.63) is 0 Å². The van der Waals surface area contributed by atoms with Gasteiger partial charge in [-0.25, -0.2) is 0 Å². The van der Waals surface area contributed by atoms with Gasteiger partial charge in [-0.1, -0.05) is 6.92 Å². The van der Waals surface area contributed by atoms with Crippen LogP contribution >= 0.6 is 24.0 Å². The summed E-state index contributed by atoms with van der Waals surface area (Å²) in [6, 6.07) is 0. The maximum absolute atomic E-state index is 6.11. The SMILES string of the molecule is CN=C(NC)NCC1COC2(CCC(C)CC2)O1.I. The molecule has 2 N–H and O–H groups in total. The molecule has 5 nitrogen and oxygen atoms in total. The Morgan fingerprint density at radius 3 is 2.63 bits per heavy atom. The summed E-state index contributed by atoms with van der Waals surface area (Å²) in [5.41, 5.74) is 0. The molecule has 6 heteroatoms. The van der Waals surface area contributed by atoms with Crippen LogP contribution in [0.3, 0.4) is 0 Å². The molecule has 0 aromatic carbocycles. The molecule has 19 heavy (non-hydrogen) atoms. The highest BCUT2D eigenvalue weighted by atomic mass is 127. The molecule has 1 saturated heterocycles. The maximum atomic E-state index is 6.11. The maximum Gasteiger partial charge on any atom is 0.190 e. The standard InChI is InChI=1S/C13H25N3O2.HI/c1-10-4-6-13(7-5-10)17-9-11(18-13)8-16-12(14-2)15-3;/h10-11H,4-9H2,1-3H3,(H2,14,15,16);1H. The average Bonchev–Trinajstić information content (AvgIpc) is 2.78. The van der Waals surface area contributed by atoms with E-state index in [0.717, 1.165) is 31.3 Å². The van der Waals surface area contributed by atoms with Crippen LogP contribution in [0.25, 0.3) is 0 Å². The van der Waals surface area contributed by atoms with Crippen LogP contribution in [-0.4, -0.2) is 45.1 Å². The molecular weight excluding hydrogens is 357 g/mol. The summed E-state index contributed by atoms with van der Waals surface area (Å²) in [5.74, 6) is 1.31. The molecule has 0 aromatic heterocycles. The molecule has 1 aliphatic heterocycles. The van der Waals surface area contributed by atoms with Crippen molar-refractivity contribution in [2.45, 2.75) is 44.5 Å². The topological polar surface area (TPSA) is 54.9 Å². The van der Waals surface area contributed by atoms with Gasteiger partial charge in [-0.3, -0.25) is 4.99 Å². The van der Waals surface area contributed by atoms with E-state index in [1.54, 1.807) is 7.05 Å². The molecule has 112 valence electrons. The Morgan fingerprint density at radius 1 is 1.37 bits per heavy atom. The second kappa shape index (κ2) is 7.64. The van der Waals surface area contributed by atoms with Crippen molar-refractivity contribution < 1.29 is 9.47 Å². The van der Waals surface area contributed by atoms with Gasteiger partial charge in [-0.2, -0.15) is 0 Å². The summed E-state index contributed by atoms with van der Waals surface area (Å²) in [7, 11) is 3.61. The highest BCUT2D eigenvalue weighted by Gasteiger charge is 2.43. The molecule has 1 atom stereocenters. The van der Waals surface area contributed by atoms with Gasteiger partial charge in [0, 0.05) is 33.5 Å². The van der Waals surface area contributed by atoms with Crippen molar-refractivity contribution in [1.29, 1.82) is 0 Å². The number of halogens is 1. The molecule has 2 fully saturated rings. The zero-order chi connectivity index (χ0) is 13.0. The fourth-order valence-electron chi connectivity index (χ4n) is 2.67. The minimum absolute atomic E-state index is 0. The highest BCUT2D eigenvalue weighted by molar-refractivity contribution is 14.0. The first kappa shape index (κ1) is 17.0. The van der Waals surface area contributed by atoms with Crippen LogP contribution in [0, 0.1) is 5.92 Å². The summed E-state index contributed by atoms with van der Waals surface area (Å²) in [6.45, 7) is 3.73. The first-order valence-corrected chi connectivity index (χ1v) is 6.87. The van der Waals surface area contributed by atoms with Crippen LogP contribution in [0.2, 0.25) is 0 Å². The van der Waals surface area contributed by atoms with Crippen molar-refractivity contribution >= 4 is 29.9 Å². The fourth-order valence-corrected chi connectivity index (χ4v) is 2.67. The van der Waals surface area contributed by atoms with Gasteiger partial charge in [0.05, 0.1) is 6.61 Å². The minimum atomic E-state index is -0.290. The molecule has 1 aliphatic carbocycles. The van der Waals surface area contributed by atoms with E-state index in [-0.39, 0.29) is 35.9 Å². The molecule has 1 saturated carbocycles. The Balaban J connectivity index is 0.00000180. The lowest BCUT2D eigenvalue weighted by molar-refractivity contribution is -0.191. The van der Waals surface area contributed by atoms with Crippen LogP contribution < -0.4 is 10.6 Å². The van der Waals surface area contributed by atoms with Gasteiger partial charge in [-0.15, -0.1) is 24.0 Å². The van der Waals surface area contributed by atoms with Gasteiger partial charge in [0.2, 0.25) is 0 Å². The zero-order valence-electron chi connectivity index (χ0n) is 12.1. The molecule has 0 bridgehead atoms. The lowest BCUT2D eigenvalue weighted by atomic mass is 9.86. The van der Waals surface area contributed by atoms with E-state index >= 15 is 0 Å². The van der Waals surface area contributed by atoms with Gasteiger partial charge in [0.25, 0.3) is 0 Å². The van der Waals surface area contributed by atoms with Gasteiger partial charge >= 0.3 is 0 Å². The van der Waals surface area contributed by atoms with Gasteiger partial charge in [0.15, 0.2) is 11.7 Å². The van der Waals surface area contributed by atoms with Gasteiger partial charge in [-0.05, 0) is 18.8 Å². The smallest absolute Gasteiger partial charge is 0.190 e. The first-order chi connectivity index (χ1) is 8.67. The van der Waals surface area contributed by atoms with Crippen molar-refractivity contribution in [1.82, 2.24) is 10.6 Å². The van der Waals surface area contributed by atoms with E-state index in [0.29, 0.717) is 6.61 Å². The van der Waals surface area contributed by atoms with Gasteiger partial charge in [0.1, 0.15) is 6.10 Å². The van der Waals surface area contributed by atoms with E-state index in [1.807, 2.05) is 7.05 Å². The Bertz CT molecular complexity index is 304. The first-order valence-electron chi connectivity index (χ1n) is 6.87. The van der Waals surface area contributed by atoms with Gasteiger partial charge < -0.3 is 20.1 Å². The monoisotopic (exact) mass is 383 g/mol. The lowest BCUT2D eigenvalue weighted by Crippen LogP contribution is -2.41. The molecule has 1 spiro atoms. The van der Waals surface area contributed by atoms with E-state index in [1.165, 1.54) is 12.8 Å². The third-order valence-electron chi connectivity index (χ3n) is 3.91. The number of hydrogen-bond donors (Lipinski definition) is 2. The summed E-state index contributed by atoms with van der Waals surface area (Å²) in [6.07, 6.45) is 4.61. The van der Waals surface area contributed by atoms with E-state index in [2.05, 4.69) is 22.5 Å². The largest absolute Gasteiger partial charge is 0.359 e. The quantitative estimate of drug-likeness (QED) is 0.433. The van der Waals surface area contributed by atoms with Crippen molar-refractivity contribution in [3.8, 4) is 0 Å². The number of rotatable bonds is 2. The Labute approximate surface area is 132 Å². The average molecular weight is 383 g/mol. The van der Waals surface area contributed by atoms with E-state index in [9.17, 15) is 0 Å². The van der Waals surface area contributed by atoms with Crippen molar-refractivity contribution in [2.75, 3.05) is 27.2 Å². The second-order valence-corrected chi connectivity index (χ2v) is 5.35. The number of guanidine groups is 1. The van der Waals surface area contributed by atoms with Crippen molar-refractivity contribution in [2.24, 2.45) is 10.9 Å². The third-order valence-corrected chi connectivity index (χ3v) is 3.91. The molecule has 1 unspecified atom stereocenters. The Hall–Kier alpha value is -0.0800. The molecule has 0 radical (unpaired) electrons. The lowest BCUT2D eigenvalue weighted by Gasteiger charge is -2.34. The summed E-state index contributed by atoms with van der Waals surface area (Å²) in [4.78, 5) is 4.08. The second-order valence-electron chi connectivity index (χ2n) is 5.35. The fraction of sp³-hybridized carbons (Fsp3) is 0.923. The highest BCUT2D eigenvalue weighted by Crippen LogP contribution is 2.39. The molecule has 0 aromatic rings. The normalized spacial score (nSPS) is 35.0. The summed E-state index contributed by atoms with van der Waals surface area (Å²) in [5, 5.41) is 6.22. The number of hydrogen-bond acceptors (Lipinski definition) is 3. The third kappa shape index (κ3) is 4.46. The number of aliphatic imine (C=N–C) groups is 1. The molecule has 1 heterocycles. The van der Waals surface area contributed by atoms with Crippen molar-refractivity contribution in [3.63, 3.8) is 0 Å². The van der Waals surface area contributed by atoms with Crippen LogP contribution in [0.4, 0.5) is 0 Å².